The molecule has 3 rings (SSSR count). The Bertz CT molecular complexity index is 977. The molecule has 0 unspecified atom stereocenters. The number of carbonyl (C=O) groups excluding carboxylic acids is 2. The summed E-state index contributed by atoms with van der Waals surface area (Å²) in [5.41, 5.74) is 4.81. The Morgan fingerprint density at radius 1 is 1.15 bits per heavy atom. The summed E-state index contributed by atoms with van der Waals surface area (Å²) >= 11 is 5.78. The summed E-state index contributed by atoms with van der Waals surface area (Å²) in [4.78, 5) is 23.8. The van der Waals surface area contributed by atoms with Crippen LogP contribution in [0.2, 0.25) is 5.02 Å². The molecule has 3 aromatic rings. The van der Waals surface area contributed by atoms with Crippen molar-refractivity contribution in [3.05, 3.63) is 70.9 Å². The first kappa shape index (κ1) is 17.7. The van der Waals surface area contributed by atoms with Crippen molar-refractivity contribution < 1.29 is 9.59 Å². The molecular weight excluding hydrogens is 352 g/mol. The lowest BCUT2D eigenvalue weighted by Crippen LogP contribution is -2.34. The lowest BCUT2D eigenvalue weighted by atomic mass is 10.2. The van der Waals surface area contributed by atoms with Crippen molar-refractivity contribution in [1.82, 2.24) is 15.3 Å². The van der Waals surface area contributed by atoms with Crippen LogP contribution >= 0.6 is 11.6 Å². The van der Waals surface area contributed by atoms with Gasteiger partial charge in [-0.3, -0.25) is 9.59 Å². The first-order valence-corrected chi connectivity index (χ1v) is 8.32. The smallest absolute Gasteiger partial charge is 0.259 e. The molecule has 0 aliphatic heterocycles. The summed E-state index contributed by atoms with van der Waals surface area (Å²) < 4.78 is 1.99. The second kappa shape index (κ2) is 7.84. The van der Waals surface area contributed by atoms with E-state index in [0.29, 0.717) is 10.6 Å². The highest BCUT2D eigenvalue weighted by atomic mass is 35.5. The van der Waals surface area contributed by atoms with E-state index in [1.165, 1.54) is 0 Å². The minimum atomic E-state index is -0.413. The van der Waals surface area contributed by atoms with Crippen LogP contribution in [0.25, 0.3) is 10.9 Å². The molecule has 1 heterocycles. The van der Waals surface area contributed by atoms with Crippen LogP contribution in [0.4, 0.5) is 0 Å². The van der Waals surface area contributed by atoms with Crippen molar-refractivity contribution in [2.45, 2.75) is 0 Å². The number of carbonyl (C=O) groups is 2. The van der Waals surface area contributed by atoms with Gasteiger partial charge < -0.3 is 9.88 Å². The van der Waals surface area contributed by atoms with Crippen LogP contribution in [0, 0.1) is 0 Å². The van der Waals surface area contributed by atoms with Gasteiger partial charge in [0, 0.05) is 40.3 Å². The van der Waals surface area contributed by atoms with E-state index in [4.69, 9.17) is 11.6 Å². The Kier molecular flexibility index (Phi) is 5.34. The monoisotopic (exact) mass is 368 g/mol. The van der Waals surface area contributed by atoms with Crippen LogP contribution in [-0.2, 0) is 11.8 Å². The number of rotatable bonds is 5. The Labute approximate surface area is 155 Å². The van der Waals surface area contributed by atoms with Gasteiger partial charge in [0.25, 0.3) is 11.8 Å². The number of halogens is 1. The quantitative estimate of drug-likeness (QED) is 0.536. The number of nitrogens with one attached hydrogen (secondary N) is 2. The normalized spacial score (nSPS) is 11.0. The van der Waals surface area contributed by atoms with E-state index in [2.05, 4.69) is 15.8 Å². The van der Waals surface area contributed by atoms with Crippen LogP contribution in [0.3, 0.4) is 0 Å². The number of amides is 2. The fourth-order valence-electron chi connectivity index (χ4n) is 2.55. The number of para-hydroxylation sites is 1. The molecule has 0 atom stereocenters. The molecule has 0 radical (unpaired) electrons. The molecule has 0 saturated heterocycles. The van der Waals surface area contributed by atoms with E-state index < -0.39 is 5.91 Å². The predicted molar refractivity (Wildman–Crippen MR) is 102 cm³/mol. The van der Waals surface area contributed by atoms with Crippen LogP contribution in [0.15, 0.2) is 59.8 Å². The lowest BCUT2D eigenvalue weighted by molar-refractivity contribution is -0.120. The summed E-state index contributed by atoms with van der Waals surface area (Å²) in [6.07, 6.45) is 3.52. The average Bonchev–Trinajstić information content (AvgIpc) is 2.97. The van der Waals surface area contributed by atoms with Gasteiger partial charge in [-0.2, -0.15) is 5.10 Å². The molecule has 132 valence electrons. The van der Waals surface area contributed by atoms with Crippen LogP contribution in [-0.4, -0.2) is 29.1 Å². The topological polar surface area (TPSA) is 75.5 Å². The summed E-state index contributed by atoms with van der Waals surface area (Å²) in [7, 11) is 1.95. The first-order chi connectivity index (χ1) is 12.5. The van der Waals surface area contributed by atoms with E-state index in [0.717, 1.165) is 16.5 Å². The van der Waals surface area contributed by atoms with Gasteiger partial charge >= 0.3 is 0 Å². The largest absolute Gasteiger partial charge is 0.350 e. The van der Waals surface area contributed by atoms with Crippen LogP contribution in [0.5, 0.6) is 0 Å². The predicted octanol–water partition coefficient (Wildman–Crippen LogP) is 2.71. The molecule has 26 heavy (non-hydrogen) atoms. The molecule has 2 amide bonds. The van der Waals surface area contributed by atoms with E-state index in [1.54, 1.807) is 30.5 Å². The fraction of sp³-hybridized carbons (Fsp3) is 0.105. The molecule has 0 spiro atoms. The van der Waals surface area contributed by atoms with Crippen molar-refractivity contribution in [2.75, 3.05) is 6.54 Å². The SMILES string of the molecule is Cn1cc(C=NNC(=O)CNC(=O)c2ccc(Cl)cc2)c2ccccc21. The Balaban J connectivity index is 1.54. The number of hydrogen-bond donors (Lipinski definition) is 2. The Hall–Kier alpha value is -3.12. The Morgan fingerprint density at radius 3 is 2.65 bits per heavy atom. The number of aromatic nitrogens is 1. The molecule has 0 saturated carbocycles. The molecule has 1 aromatic heterocycles. The maximum atomic E-state index is 11.9. The number of aryl methyl sites for hydroxylation is 1. The minimum Gasteiger partial charge on any atom is -0.350 e. The minimum absolute atomic E-state index is 0.172. The molecule has 6 nitrogen and oxygen atoms in total. The first-order valence-electron chi connectivity index (χ1n) is 7.94. The molecule has 0 bridgehead atoms. The van der Waals surface area contributed by atoms with Crippen LogP contribution in [0.1, 0.15) is 15.9 Å². The number of nitrogens with zero attached hydrogens (tertiary/aromatic N) is 2. The third-order valence-corrected chi connectivity index (χ3v) is 4.09. The van der Waals surface area contributed by atoms with Gasteiger partial charge in [-0.25, -0.2) is 5.43 Å². The van der Waals surface area contributed by atoms with Crippen molar-refractivity contribution in [3.8, 4) is 0 Å². The highest BCUT2D eigenvalue weighted by Gasteiger charge is 2.08. The van der Waals surface area contributed by atoms with Crippen molar-refractivity contribution >= 4 is 40.5 Å². The summed E-state index contributed by atoms with van der Waals surface area (Å²) in [5, 5.41) is 8.08. The molecule has 2 aromatic carbocycles. The zero-order valence-electron chi connectivity index (χ0n) is 14.1. The molecule has 2 N–H and O–H groups in total. The average molecular weight is 369 g/mol. The summed E-state index contributed by atoms with van der Waals surface area (Å²) in [6, 6.07) is 14.3. The summed E-state index contributed by atoms with van der Waals surface area (Å²) in [6.45, 7) is -0.172. The molecular formula is C19H17ClN4O2. The number of benzene rings is 2. The van der Waals surface area contributed by atoms with Gasteiger partial charge in [0.15, 0.2) is 0 Å². The van der Waals surface area contributed by atoms with E-state index in [1.807, 2.05) is 42.1 Å². The zero-order valence-corrected chi connectivity index (χ0v) is 14.8. The van der Waals surface area contributed by atoms with Gasteiger partial charge in [0.05, 0.1) is 12.8 Å². The third-order valence-electron chi connectivity index (χ3n) is 3.84. The van der Waals surface area contributed by atoms with E-state index in [-0.39, 0.29) is 12.5 Å². The van der Waals surface area contributed by atoms with E-state index >= 15 is 0 Å². The van der Waals surface area contributed by atoms with Gasteiger partial charge in [-0.15, -0.1) is 0 Å². The van der Waals surface area contributed by atoms with E-state index in [9.17, 15) is 9.59 Å². The highest BCUT2D eigenvalue weighted by molar-refractivity contribution is 6.30. The van der Waals surface area contributed by atoms with Crippen molar-refractivity contribution in [2.24, 2.45) is 12.1 Å². The van der Waals surface area contributed by atoms with Crippen molar-refractivity contribution in [1.29, 1.82) is 0 Å². The number of hydrogen-bond acceptors (Lipinski definition) is 3. The zero-order chi connectivity index (χ0) is 18.5. The number of hydrazone groups is 1. The van der Waals surface area contributed by atoms with Gasteiger partial charge in [-0.05, 0) is 30.3 Å². The lowest BCUT2D eigenvalue weighted by Gasteiger charge is -2.04. The summed E-state index contributed by atoms with van der Waals surface area (Å²) in [5.74, 6) is -0.765. The molecule has 0 aliphatic rings. The third kappa shape index (κ3) is 4.10. The maximum absolute atomic E-state index is 11.9. The van der Waals surface area contributed by atoms with Gasteiger partial charge in [-0.1, -0.05) is 29.8 Å². The maximum Gasteiger partial charge on any atom is 0.259 e. The molecule has 7 heteroatoms. The Morgan fingerprint density at radius 2 is 1.88 bits per heavy atom. The van der Waals surface area contributed by atoms with Crippen LogP contribution < -0.4 is 10.7 Å². The van der Waals surface area contributed by atoms with Gasteiger partial charge in [0.2, 0.25) is 0 Å². The molecule has 0 fully saturated rings. The second-order valence-electron chi connectivity index (χ2n) is 5.70. The number of fused-ring (bicyclic) bond motifs is 1. The fourth-order valence-corrected chi connectivity index (χ4v) is 2.68. The van der Waals surface area contributed by atoms with Gasteiger partial charge in [0.1, 0.15) is 0 Å². The molecule has 0 aliphatic carbocycles. The highest BCUT2D eigenvalue weighted by Crippen LogP contribution is 2.18. The van der Waals surface area contributed by atoms with Crippen molar-refractivity contribution in [3.63, 3.8) is 0 Å². The second-order valence-corrected chi connectivity index (χ2v) is 6.13. The standard InChI is InChI=1S/C19H17ClN4O2/c1-24-12-14(16-4-2-3-5-17(16)24)10-22-23-18(25)11-21-19(26)13-6-8-15(20)9-7-13/h2-10,12H,11H2,1H3,(H,21,26)(H,23,25).